The van der Waals surface area contributed by atoms with E-state index < -0.39 is 34.2 Å². The van der Waals surface area contributed by atoms with Gasteiger partial charge in [-0.25, -0.2) is 13.8 Å². The first kappa shape index (κ1) is 24.3. The number of anilines is 1. The predicted octanol–water partition coefficient (Wildman–Crippen LogP) is 4.70. The van der Waals surface area contributed by atoms with E-state index in [1.54, 1.807) is 12.1 Å². The standard InChI is InChI=1S/C22H17ClF3N3O3S/c23-17-8-6-9-18(13-17)29(33(31,32)19-10-2-1-3-11-19)15-21(30)28-27-14-16-7-4-5-12-20(16)22(24,25)26/h1-14H,15H2,(H,28,30)/b27-14+. The lowest BCUT2D eigenvalue weighted by Gasteiger charge is -2.23. The molecule has 3 rings (SSSR count). The fraction of sp³-hybridized carbons (Fsp3) is 0.0909. The Morgan fingerprint density at radius 1 is 1.00 bits per heavy atom. The molecule has 0 radical (unpaired) electrons. The molecule has 0 bridgehead atoms. The fourth-order valence-corrected chi connectivity index (χ4v) is 4.49. The van der Waals surface area contributed by atoms with Gasteiger partial charge < -0.3 is 0 Å². The maximum atomic E-state index is 13.2. The molecular weight excluding hydrogens is 479 g/mol. The molecule has 0 saturated carbocycles. The monoisotopic (exact) mass is 495 g/mol. The highest BCUT2D eigenvalue weighted by atomic mass is 35.5. The molecule has 0 aliphatic rings. The van der Waals surface area contributed by atoms with Gasteiger partial charge >= 0.3 is 6.18 Å². The fourth-order valence-electron chi connectivity index (χ4n) is 2.87. The van der Waals surface area contributed by atoms with Crippen molar-refractivity contribution in [3.05, 3.63) is 95.0 Å². The van der Waals surface area contributed by atoms with Crippen LogP contribution < -0.4 is 9.73 Å². The third-order valence-corrected chi connectivity index (χ3v) is 6.40. The molecular formula is C22H17ClF3N3O3S. The molecule has 0 aliphatic carbocycles. The Hall–Kier alpha value is -3.37. The van der Waals surface area contributed by atoms with Crippen LogP contribution in [0.4, 0.5) is 18.9 Å². The second kappa shape index (κ2) is 10.1. The zero-order valence-corrected chi connectivity index (χ0v) is 18.4. The van der Waals surface area contributed by atoms with E-state index in [9.17, 15) is 26.4 Å². The summed E-state index contributed by atoms with van der Waals surface area (Å²) in [4.78, 5) is 12.4. The zero-order chi connectivity index (χ0) is 24.1. The van der Waals surface area contributed by atoms with Gasteiger partial charge in [-0.05, 0) is 36.4 Å². The summed E-state index contributed by atoms with van der Waals surface area (Å²) in [5.41, 5.74) is 1.03. The highest BCUT2D eigenvalue weighted by Crippen LogP contribution is 2.31. The maximum Gasteiger partial charge on any atom is 0.417 e. The van der Waals surface area contributed by atoms with Crippen molar-refractivity contribution in [2.75, 3.05) is 10.8 Å². The molecule has 0 fully saturated rings. The lowest BCUT2D eigenvalue weighted by atomic mass is 10.1. The molecule has 0 aromatic heterocycles. The van der Waals surface area contributed by atoms with Crippen molar-refractivity contribution in [2.24, 2.45) is 5.10 Å². The smallest absolute Gasteiger partial charge is 0.271 e. The second-order valence-electron chi connectivity index (χ2n) is 6.68. The van der Waals surface area contributed by atoms with Gasteiger partial charge in [0.05, 0.1) is 22.4 Å². The third kappa shape index (κ3) is 6.11. The number of rotatable bonds is 7. The van der Waals surface area contributed by atoms with Crippen LogP contribution in [0.5, 0.6) is 0 Å². The SMILES string of the molecule is O=C(CN(c1cccc(Cl)c1)S(=O)(=O)c1ccccc1)N/N=C/c1ccccc1C(F)(F)F. The van der Waals surface area contributed by atoms with Crippen LogP contribution in [-0.2, 0) is 21.0 Å². The van der Waals surface area contributed by atoms with Gasteiger partial charge in [0.15, 0.2) is 0 Å². The molecule has 1 amide bonds. The lowest BCUT2D eigenvalue weighted by molar-refractivity contribution is -0.137. The summed E-state index contributed by atoms with van der Waals surface area (Å²) in [5.74, 6) is -0.866. The summed E-state index contributed by atoms with van der Waals surface area (Å²) >= 11 is 5.99. The zero-order valence-electron chi connectivity index (χ0n) is 16.8. The van der Waals surface area contributed by atoms with Crippen molar-refractivity contribution < 1.29 is 26.4 Å². The molecule has 172 valence electrons. The van der Waals surface area contributed by atoms with E-state index in [0.717, 1.165) is 16.6 Å². The Bertz CT molecular complexity index is 1270. The molecule has 1 N–H and O–H groups in total. The molecule has 0 atom stereocenters. The molecule has 33 heavy (non-hydrogen) atoms. The molecule has 0 aliphatic heterocycles. The van der Waals surface area contributed by atoms with Gasteiger partial charge in [0, 0.05) is 10.6 Å². The molecule has 0 heterocycles. The first-order chi connectivity index (χ1) is 15.6. The highest BCUT2D eigenvalue weighted by molar-refractivity contribution is 7.92. The van der Waals surface area contributed by atoms with Crippen molar-refractivity contribution in [3.63, 3.8) is 0 Å². The summed E-state index contributed by atoms with van der Waals surface area (Å²) in [6, 6.07) is 18.1. The minimum Gasteiger partial charge on any atom is -0.271 e. The Labute approximate surface area is 193 Å². The van der Waals surface area contributed by atoms with Crippen LogP contribution in [0, 0.1) is 0 Å². The Kier molecular flexibility index (Phi) is 7.39. The van der Waals surface area contributed by atoms with Crippen LogP contribution >= 0.6 is 11.6 Å². The van der Waals surface area contributed by atoms with Crippen molar-refractivity contribution in [2.45, 2.75) is 11.1 Å². The average Bonchev–Trinajstić information content (AvgIpc) is 2.77. The molecule has 6 nitrogen and oxygen atoms in total. The predicted molar refractivity (Wildman–Crippen MR) is 120 cm³/mol. The van der Waals surface area contributed by atoms with Crippen LogP contribution in [0.25, 0.3) is 0 Å². The number of carbonyl (C=O) groups is 1. The van der Waals surface area contributed by atoms with E-state index in [1.807, 2.05) is 0 Å². The van der Waals surface area contributed by atoms with Gasteiger partial charge in [-0.2, -0.15) is 18.3 Å². The van der Waals surface area contributed by atoms with Crippen LogP contribution in [-0.4, -0.2) is 27.1 Å². The number of hydrazone groups is 1. The van der Waals surface area contributed by atoms with E-state index in [4.69, 9.17) is 11.6 Å². The molecule has 0 unspecified atom stereocenters. The summed E-state index contributed by atoms with van der Waals surface area (Å²) in [6.45, 7) is -0.685. The number of halogens is 4. The van der Waals surface area contributed by atoms with Crippen molar-refractivity contribution >= 4 is 39.4 Å². The van der Waals surface area contributed by atoms with Gasteiger partial charge in [-0.15, -0.1) is 0 Å². The molecule has 11 heteroatoms. The van der Waals surface area contributed by atoms with Crippen LogP contribution in [0.1, 0.15) is 11.1 Å². The Morgan fingerprint density at radius 2 is 1.67 bits per heavy atom. The lowest BCUT2D eigenvalue weighted by Crippen LogP contribution is -2.39. The molecule has 3 aromatic rings. The van der Waals surface area contributed by atoms with E-state index in [2.05, 4.69) is 10.5 Å². The van der Waals surface area contributed by atoms with E-state index >= 15 is 0 Å². The van der Waals surface area contributed by atoms with E-state index in [0.29, 0.717) is 0 Å². The minimum atomic E-state index is -4.60. The number of hydrogen-bond acceptors (Lipinski definition) is 4. The summed E-state index contributed by atoms with van der Waals surface area (Å²) in [5, 5.41) is 3.82. The van der Waals surface area contributed by atoms with Crippen LogP contribution in [0.3, 0.4) is 0 Å². The average molecular weight is 496 g/mol. The van der Waals surface area contributed by atoms with Gasteiger partial charge in [0.1, 0.15) is 6.54 Å². The van der Waals surface area contributed by atoms with Crippen molar-refractivity contribution in [1.29, 1.82) is 0 Å². The molecule has 0 saturated heterocycles. The van der Waals surface area contributed by atoms with E-state index in [-0.39, 0.29) is 21.2 Å². The third-order valence-electron chi connectivity index (χ3n) is 4.37. The minimum absolute atomic E-state index is 0.0552. The van der Waals surface area contributed by atoms with Crippen molar-refractivity contribution in [1.82, 2.24) is 5.43 Å². The number of hydrogen-bond donors (Lipinski definition) is 1. The van der Waals surface area contributed by atoms with Gasteiger partial charge in [0.25, 0.3) is 15.9 Å². The number of nitrogens with one attached hydrogen (secondary N) is 1. The Balaban J connectivity index is 1.84. The van der Waals surface area contributed by atoms with Crippen LogP contribution in [0.15, 0.2) is 88.9 Å². The van der Waals surface area contributed by atoms with Crippen molar-refractivity contribution in [3.8, 4) is 0 Å². The molecule has 0 spiro atoms. The normalized spacial score (nSPS) is 12.0. The number of sulfonamides is 1. The topological polar surface area (TPSA) is 78.8 Å². The number of carbonyl (C=O) groups excluding carboxylic acids is 1. The van der Waals surface area contributed by atoms with Gasteiger partial charge in [-0.3, -0.25) is 9.10 Å². The van der Waals surface area contributed by atoms with Crippen LogP contribution in [0.2, 0.25) is 5.02 Å². The second-order valence-corrected chi connectivity index (χ2v) is 8.98. The first-order valence-corrected chi connectivity index (χ1v) is 11.2. The van der Waals surface area contributed by atoms with Gasteiger partial charge in [0.2, 0.25) is 0 Å². The number of nitrogens with zero attached hydrogens (tertiary/aromatic N) is 2. The summed E-state index contributed by atoms with van der Waals surface area (Å²) in [6.07, 6.45) is -3.75. The highest BCUT2D eigenvalue weighted by Gasteiger charge is 2.32. The van der Waals surface area contributed by atoms with Gasteiger partial charge in [-0.1, -0.05) is 54.1 Å². The number of alkyl halides is 3. The Morgan fingerprint density at radius 3 is 2.33 bits per heavy atom. The maximum absolute atomic E-state index is 13.2. The summed E-state index contributed by atoms with van der Waals surface area (Å²) < 4.78 is 66.4. The first-order valence-electron chi connectivity index (χ1n) is 9.40. The molecule has 3 aromatic carbocycles. The van der Waals surface area contributed by atoms with E-state index in [1.165, 1.54) is 60.7 Å². The quantitative estimate of drug-likeness (QED) is 0.381. The summed E-state index contributed by atoms with van der Waals surface area (Å²) in [7, 11) is -4.16. The number of benzene rings is 3. The number of amides is 1. The largest absolute Gasteiger partial charge is 0.417 e.